The molecule has 2 rings (SSSR count). The molecule has 4 heteroatoms. The van der Waals surface area contributed by atoms with Crippen LogP contribution in [0, 0.1) is 6.92 Å². The minimum absolute atomic E-state index is 0. The molecule has 2 aromatic rings. The Labute approximate surface area is 103 Å². The van der Waals surface area contributed by atoms with Crippen molar-refractivity contribution in [1.82, 2.24) is 14.8 Å². The first-order valence-electron chi connectivity index (χ1n) is 4.62. The van der Waals surface area contributed by atoms with E-state index in [1.165, 1.54) is 5.56 Å². The van der Waals surface area contributed by atoms with E-state index in [9.17, 15) is 0 Å². The highest BCUT2D eigenvalue weighted by Crippen LogP contribution is 2.17. The minimum atomic E-state index is 0. The van der Waals surface area contributed by atoms with E-state index in [0.29, 0.717) is 0 Å². The Balaban J connectivity index is 0.000000711. The molecule has 0 saturated heterocycles. The summed E-state index contributed by atoms with van der Waals surface area (Å²) >= 11 is 3.53. The lowest BCUT2D eigenvalue weighted by atomic mass is 10.1. The molecule has 0 fully saturated rings. The van der Waals surface area contributed by atoms with Gasteiger partial charge in [-0.15, -0.1) is 0 Å². The summed E-state index contributed by atoms with van der Waals surface area (Å²) in [6.07, 6.45) is 7.36. The van der Waals surface area contributed by atoms with Gasteiger partial charge in [-0.3, -0.25) is 9.67 Å². The van der Waals surface area contributed by atoms with Crippen molar-refractivity contribution in [2.45, 2.75) is 14.4 Å². The molecule has 16 heavy (non-hydrogen) atoms. The number of rotatable bonds is 1. The molecule has 0 atom stereocenters. The third-order valence-electron chi connectivity index (χ3n) is 1.93. The summed E-state index contributed by atoms with van der Waals surface area (Å²) in [5, 5.41) is 4.12. The lowest BCUT2D eigenvalue weighted by Crippen LogP contribution is -1.84. The molecule has 0 N–H and O–H groups in total. The third-order valence-corrected chi connectivity index (χ3v) is 1.93. The highest BCUT2D eigenvalue weighted by atomic mass is 32.1. The van der Waals surface area contributed by atoms with Gasteiger partial charge in [-0.05, 0) is 30.9 Å². The van der Waals surface area contributed by atoms with E-state index in [1.54, 1.807) is 10.9 Å². The van der Waals surface area contributed by atoms with Crippen LogP contribution < -0.4 is 0 Å². The molecule has 2 aromatic heterocycles. The van der Waals surface area contributed by atoms with Gasteiger partial charge in [0, 0.05) is 30.7 Å². The highest BCUT2D eigenvalue weighted by molar-refractivity contribution is 7.79. The fourth-order valence-corrected chi connectivity index (χ4v) is 1.30. The number of nitrogens with zero attached hydrogens (tertiary/aromatic N) is 3. The number of hydrogen-bond donors (Lipinski definition) is 1. The van der Waals surface area contributed by atoms with Gasteiger partial charge in [0.05, 0.1) is 6.20 Å². The molecule has 0 saturated carbocycles. The maximum atomic E-state index is 4.14. The number of hydrogen-bond acceptors (Lipinski definition) is 3. The number of pyridine rings is 1. The van der Waals surface area contributed by atoms with Crippen molar-refractivity contribution < 1.29 is 0 Å². The van der Waals surface area contributed by atoms with Crippen LogP contribution in [0.15, 0.2) is 30.7 Å². The van der Waals surface area contributed by atoms with Crippen LogP contribution in [0.5, 0.6) is 0 Å². The van der Waals surface area contributed by atoms with Gasteiger partial charge in [0.15, 0.2) is 0 Å². The van der Waals surface area contributed by atoms with Crippen LogP contribution in [-0.4, -0.2) is 21.0 Å². The molecular weight excluding hydrogens is 218 g/mol. The topological polar surface area (TPSA) is 30.7 Å². The first-order chi connectivity index (χ1) is 7.25. The Morgan fingerprint density at radius 2 is 1.94 bits per heavy atom. The Morgan fingerprint density at radius 1 is 1.25 bits per heavy atom. The summed E-state index contributed by atoms with van der Waals surface area (Å²) in [6.45, 7) is 1.99. The minimum Gasteiger partial charge on any atom is -0.275 e. The van der Waals surface area contributed by atoms with Crippen molar-refractivity contribution in [3.63, 3.8) is 0 Å². The van der Waals surface area contributed by atoms with Crippen LogP contribution in [0.2, 0.25) is 0 Å². The van der Waals surface area contributed by atoms with Gasteiger partial charge in [-0.25, -0.2) is 0 Å². The summed E-state index contributed by atoms with van der Waals surface area (Å²) < 4.78 is 1.80. The maximum Gasteiger partial charge on any atom is 0.0568 e. The number of aromatic nitrogens is 3. The smallest absolute Gasteiger partial charge is 0.0568 e. The van der Waals surface area contributed by atoms with E-state index in [4.69, 9.17) is 0 Å². The molecule has 0 aliphatic carbocycles. The largest absolute Gasteiger partial charge is 0.275 e. The maximum absolute atomic E-state index is 4.14. The van der Waals surface area contributed by atoms with E-state index in [1.807, 2.05) is 38.6 Å². The third kappa shape index (κ3) is 3.70. The lowest BCUT2D eigenvalue weighted by Gasteiger charge is -1.96. The second-order valence-corrected chi connectivity index (χ2v) is 3.09. The van der Waals surface area contributed by atoms with E-state index in [-0.39, 0.29) is 7.43 Å². The van der Waals surface area contributed by atoms with Crippen molar-refractivity contribution in [1.29, 1.82) is 0 Å². The zero-order chi connectivity index (χ0) is 11.3. The van der Waals surface area contributed by atoms with Crippen molar-refractivity contribution in [3.05, 3.63) is 36.4 Å². The molecule has 0 radical (unpaired) electrons. The zero-order valence-electron chi connectivity index (χ0n) is 9.18. The standard InChI is InChI=1S/C10H11N3.CH4S.CH4/c1-8-5-9(3-4-11-8)10-6-12-13(2)7-10;1-2;/h3-7H,1-2H3;2H,1H3;1H4. The Kier molecular flexibility index (Phi) is 6.49. The van der Waals surface area contributed by atoms with Crippen LogP contribution >= 0.6 is 12.6 Å². The van der Waals surface area contributed by atoms with Crippen molar-refractivity contribution >= 4 is 12.6 Å². The average molecular weight is 237 g/mol. The second kappa shape index (κ2) is 7.06. The van der Waals surface area contributed by atoms with Crippen LogP contribution in [0.4, 0.5) is 0 Å². The van der Waals surface area contributed by atoms with Gasteiger partial charge >= 0.3 is 0 Å². The van der Waals surface area contributed by atoms with Crippen LogP contribution in [0.3, 0.4) is 0 Å². The van der Waals surface area contributed by atoms with Gasteiger partial charge in [-0.1, -0.05) is 7.43 Å². The first kappa shape index (κ1) is 14.7. The molecular formula is C12H19N3S. The molecule has 2 heterocycles. The van der Waals surface area contributed by atoms with Gasteiger partial charge in [0.25, 0.3) is 0 Å². The number of aryl methyl sites for hydroxylation is 2. The summed E-state index contributed by atoms with van der Waals surface area (Å²) in [5.41, 5.74) is 3.33. The molecule has 0 aliphatic heterocycles. The molecule has 0 spiro atoms. The summed E-state index contributed by atoms with van der Waals surface area (Å²) in [4.78, 5) is 4.14. The van der Waals surface area contributed by atoms with Gasteiger partial charge in [0.2, 0.25) is 0 Å². The van der Waals surface area contributed by atoms with E-state index in [2.05, 4.69) is 28.8 Å². The monoisotopic (exact) mass is 237 g/mol. The van der Waals surface area contributed by atoms with Crippen LogP contribution in [0.1, 0.15) is 13.1 Å². The summed E-state index contributed by atoms with van der Waals surface area (Å²) in [7, 11) is 1.91. The quantitative estimate of drug-likeness (QED) is 0.773. The lowest BCUT2D eigenvalue weighted by molar-refractivity contribution is 0.768. The molecule has 0 unspecified atom stereocenters. The van der Waals surface area contributed by atoms with E-state index in [0.717, 1.165) is 11.3 Å². The average Bonchev–Trinajstić information content (AvgIpc) is 2.68. The zero-order valence-corrected chi connectivity index (χ0v) is 10.1. The van der Waals surface area contributed by atoms with Gasteiger partial charge in [-0.2, -0.15) is 17.7 Å². The molecule has 0 aromatic carbocycles. The normalized spacial score (nSPS) is 8.75. The SMILES string of the molecule is C.CS.Cc1cc(-c2cnn(C)c2)ccn1. The Bertz CT molecular complexity index is 424. The highest BCUT2D eigenvalue weighted by Gasteiger charge is 1.99. The summed E-state index contributed by atoms with van der Waals surface area (Å²) in [6, 6.07) is 4.04. The molecule has 0 aliphatic rings. The predicted octanol–water partition coefficient (Wildman–Crippen LogP) is 2.97. The van der Waals surface area contributed by atoms with Crippen LogP contribution in [-0.2, 0) is 7.05 Å². The van der Waals surface area contributed by atoms with E-state index >= 15 is 0 Å². The number of thiol groups is 1. The van der Waals surface area contributed by atoms with Crippen molar-refractivity contribution in [2.24, 2.45) is 7.05 Å². The molecule has 0 bridgehead atoms. The Hall–Kier alpha value is -1.29. The van der Waals surface area contributed by atoms with E-state index < -0.39 is 0 Å². The predicted molar refractivity (Wildman–Crippen MR) is 72.8 cm³/mol. The molecule has 3 nitrogen and oxygen atoms in total. The first-order valence-corrected chi connectivity index (χ1v) is 5.51. The van der Waals surface area contributed by atoms with Gasteiger partial charge < -0.3 is 0 Å². The molecule has 88 valence electrons. The van der Waals surface area contributed by atoms with Crippen molar-refractivity contribution in [3.8, 4) is 11.1 Å². The fraction of sp³-hybridized carbons (Fsp3) is 0.333. The fourth-order valence-electron chi connectivity index (χ4n) is 1.30. The Morgan fingerprint density at radius 3 is 2.44 bits per heavy atom. The van der Waals surface area contributed by atoms with Crippen molar-refractivity contribution in [2.75, 3.05) is 6.26 Å². The molecule has 0 amide bonds. The summed E-state index contributed by atoms with van der Waals surface area (Å²) in [5.74, 6) is 0. The van der Waals surface area contributed by atoms with Gasteiger partial charge in [0.1, 0.15) is 0 Å². The second-order valence-electron chi connectivity index (χ2n) is 3.09. The van der Waals surface area contributed by atoms with Crippen LogP contribution in [0.25, 0.3) is 11.1 Å².